The average molecular weight is 694 g/mol. The van der Waals surface area contributed by atoms with Crippen LogP contribution in [0.5, 0.6) is 0 Å². The third-order valence-electron chi connectivity index (χ3n) is 11.5. The lowest BCUT2D eigenvalue weighted by atomic mass is 9.82. The van der Waals surface area contributed by atoms with Crippen LogP contribution in [0, 0.1) is 0 Å². The Morgan fingerprint density at radius 2 is 0.815 bits per heavy atom. The number of fused-ring (bicyclic) bond motifs is 9. The fourth-order valence-corrected chi connectivity index (χ4v) is 8.70. The first-order chi connectivity index (χ1) is 26.5. The molecule has 10 aromatic rings. The fourth-order valence-electron chi connectivity index (χ4n) is 8.70. The Morgan fingerprint density at radius 3 is 1.52 bits per heavy atom. The Morgan fingerprint density at radius 1 is 0.352 bits per heavy atom. The summed E-state index contributed by atoms with van der Waals surface area (Å²) >= 11 is 0. The second-order valence-corrected chi connectivity index (χ2v) is 14.9. The van der Waals surface area contributed by atoms with Crippen LogP contribution in [0.4, 0.5) is 17.1 Å². The van der Waals surface area contributed by atoms with Gasteiger partial charge in [0.1, 0.15) is 22.3 Å². The van der Waals surface area contributed by atoms with E-state index in [0.29, 0.717) is 0 Å². The van der Waals surface area contributed by atoms with Crippen molar-refractivity contribution in [1.29, 1.82) is 0 Å². The minimum absolute atomic E-state index is 0.105. The minimum atomic E-state index is -0.105. The summed E-state index contributed by atoms with van der Waals surface area (Å²) in [4.78, 5) is 2.38. The molecule has 1 aliphatic rings. The summed E-state index contributed by atoms with van der Waals surface area (Å²) in [5.74, 6) is 0. The Bertz CT molecular complexity index is 3070. The zero-order valence-corrected chi connectivity index (χ0v) is 30.0. The van der Waals surface area contributed by atoms with Gasteiger partial charge < -0.3 is 13.7 Å². The molecule has 0 amide bonds. The van der Waals surface area contributed by atoms with E-state index < -0.39 is 0 Å². The summed E-state index contributed by atoms with van der Waals surface area (Å²) in [5, 5.41) is 4.52. The molecule has 0 spiro atoms. The summed E-state index contributed by atoms with van der Waals surface area (Å²) in [7, 11) is 0. The highest BCUT2D eigenvalue weighted by atomic mass is 16.3. The number of nitrogens with zero attached hydrogens (tertiary/aromatic N) is 1. The van der Waals surface area contributed by atoms with Gasteiger partial charge in [0, 0.05) is 44.0 Å². The fraction of sp³-hybridized carbons (Fsp3) is 0.0588. The van der Waals surface area contributed by atoms with Gasteiger partial charge in [0.05, 0.1) is 0 Å². The van der Waals surface area contributed by atoms with Crippen LogP contribution in [0.15, 0.2) is 185 Å². The molecule has 0 fully saturated rings. The molecule has 8 aromatic carbocycles. The lowest BCUT2D eigenvalue weighted by Gasteiger charge is -2.28. The number of rotatable bonds is 5. The van der Waals surface area contributed by atoms with E-state index in [1.807, 2.05) is 24.3 Å². The maximum absolute atomic E-state index is 6.23. The molecule has 2 heterocycles. The first-order valence-corrected chi connectivity index (χ1v) is 18.6. The highest BCUT2D eigenvalue weighted by Crippen LogP contribution is 2.51. The van der Waals surface area contributed by atoms with Gasteiger partial charge in [-0.15, -0.1) is 0 Å². The van der Waals surface area contributed by atoms with E-state index in [0.717, 1.165) is 60.9 Å². The molecule has 3 nitrogen and oxygen atoms in total. The largest absolute Gasteiger partial charge is 0.456 e. The van der Waals surface area contributed by atoms with Crippen molar-refractivity contribution in [2.24, 2.45) is 0 Å². The summed E-state index contributed by atoms with van der Waals surface area (Å²) in [6, 6.07) is 63.1. The minimum Gasteiger partial charge on any atom is -0.456 e. The number of hydrogen-bond donors (Lipinski definition) is 0. The van der Waals surface area contributed by atoms with E-state index in [1.165, 1.54) is 44.5 Å². The van der Waals surface area contributed by atoms with Crippen molar-refractivity contribution < 1.29 is 8.83 Å². The van der Waals surface area contributed by atoms with Gasteiger partial charge in [0.25, 0.3) is 0 Å². The van der Waals surface area contributed by atoms with E-state index in [4.69, 9.17) is 8.83 Å². The average Bonchev–Trinajstić information content (AvgIpc) is 3.85. The third-order valence-corrected chi connectivity index (χ3v) is 11.5. The number of furan rings is 2. The number of anilines is 3. The van der Waals surface area contributed by atoms with Crippen LogP contribution in [-0.2, 0) is 5.41 Å². The number of benzene rings is 8. The number of para-hydroxylation sites is 2. The summed E-state index contributed by atoms with van der Waals surface area (Å²) in [6.07, 6.45) is 0. The topological polar surface area (TPSA) is 29.5 Å². The molecular weight excluding hydrogens is 659 g/mol. The quantitative estimate of drug-likeness (QED) is 0.180. The maximum atomic E-state index is 6.23. The maximum Gasteiger partial charge on any atom is 0.135 e. The number of hydrogen-bond acceptors (Lipinski definition) is 3. The van der Waals surface area contributed by atoms with Gasteiger partial charge >= 0.3 is 0 Å². The molecule has 0 saturated carbocycles. The Kier molecular flexibility index (Phi) is 6.60. The van der Waals surface area contributed by atoms with Crippen LogP contribution in [0.2, 0.25) is 0 Å². The molecule has 11 rings (SSSR count). The predicted molar refractivity (Wildman–Crippen MR) is 224 cm³/mol. The monoisotopic (exact) mass is 693 g/mol. The zero-order valence-electron chi connectivity index (χ0n) is 30.0. The van der Waals surface area contributed by atoms with E-state index >= 15 is 0 Å². The second kappa shape index (κ2) is 11.6. The van der Waals surface area contributed by atoms with Gasteiger partial charge in [-0.05, 0) is 111 Å². The van der Waals surface area contributed by atoms with Crippen LogP contribution in [0.25, 0.3) is 77.3 Å². The van der Waals surface area contributed by atoms with E-state index in [2.05, 4.69) is 170 Å². The van der Waals surface area contributed by atoms with Gasteiger partial charge in [-0.1, -0.05) is 123 Å². The normalized spacial score (nSPS) is 13.1. The van der Waals surface area contributed by atoms with Gasteiger partial charge in [-0.25, -0.2) is 0 Å². The van der Waals surface area contributed by atoms with E-state index in [1.54, 1.807) is 0 Å². The molecular formula is C51H35NO2. The summed E-state index contributed by atoms with van der Waals surface area (Å²) in [5.41, 5.74) is 16.9. The van der Waals surface area contributed by atoms with Crippen molar-refractivity contribution in [2.75, 3.05) is 4.90 Å². The van der Waals surface area contributed by atoms with Crippen LogP contribution in [0.1, 0.15) is 25.0 Å². The molecule has 0 N–H and O–H groups in total. The second-order valence-electron chi connectivity index (χ2n) is 14.9. The lowest BCUT2D eigenvalue weighted by Crippen LogP contribution is -2.16. The van der Waals surface area contributed by atoms with Crippen molar-refractivity contribution in [2.45, 2.75) is 19.3 Å². The highest BCUT2D eigenvalue weighted by molar-refractivity contribution is 6.07. The smallest absolute Gasteiger partial charge is 0.135 e. The molecule has 2 aromatic heterocycles. The molecule has 54 heavy (non-hydrogen) atoms. The van der Waals surface area contributed by atoms with E-state index in [9.17, 15) is 0 Å². The molecule has 1 aliphatic carbocycles. The van der Waals surface area contributed by atoms with Crippen molar-refractivity contribution in [1.82, 2.24) is 0 Å². The Labute approximate surface area is 313 Å². The van der Waals surface area contributed by atoms with Gasteiger partial charge in [-0.3, -0.25) is 0 Å². The van der Waals surface area contributed by atoms with Gasteiger partial charge in [-0.2, -0.15) is 0 Å². The van der Waals surface area contributed by atoms with Gasteiger partial charge in [0.2, 0.25) is 0 Å². The zero-order chi connectivity index (χ0) is 36.0. The predicted octanol–water partition coefficient (Wildman–Crippen LogP) is 14.6. The lowest BCUT2D eigenvalue weighted by molar-refractivity contribution is 0.660. The standard InChI is InChI=1S/C51H35NO2/c1-51(2)45-12-6-3-9-39(45)40-26-24-38(31-46(40)51)52(37-25-28-50-44(30-37)42-11-5-8-14-48(42)54-50)36-22-19-33(20-23-36)32-15-17-34(18-16-32)35-21-27-49-43(29-35)41-10-4-7-13-47(41)53-49/h3-31H,1-2H3. The molecule has 0 aliphatic heterocycles. The van der Waals surface area contributed by atoms with Crippen molar-refractivity contribution in [3.8, 4) is 33.4 Å². The third kappa shape index (κ3) is 4.68. The van der Waals surface area contributed by atoms with Crippen LogP contribution < -0.4 is 4.90 Å². The molecule has 0 atom stereocenters. The van der Waals surface area contributed by atoms with Crippen LogP contribution >= 0.6 is 0 Å². The Hall–Kier alpha value is -6.84. The van der Waals surface area contributed by atoms with Gasteiger partial charge in [0.15, 0.2) is 0 Å². The SMILES string of the molecule is CC1(C)c2ccccc2-c2ccc(N(c3ccc(-c4ccc(-c5ccc6oc7ccccc7c6c5)cc4)cc3)c3ccc4oc5ccccc5c4c3)cc21. The van der Waals surface area contributed by atoms with Crippen molar-refractivity contribution in [3.63, 3.8) is 0 Å². The summed E-state index contributed by atoms with van der Waals surface area (Å²) < 4.78 is 12.3. The van der Waals surface area contributed by atoms with Crippen LogP contribution in [-0.4, -0.2) is 0 Å². The molecule has 0 radical (unpaired) electrons. The molecule has 3 heteroatoms. The Balaban J connectivity index is 0.979. The summed E-state index contributed by atoms with van der Waals surface area (Å²) in [6.45, 7) is 4.68. The molecule has 256 valence electrons. The molecule has 0 bridgehead atoms. The van der Waals surface area contributed by atoms with Crippen LogP contribution in [0.3, 0.4) is 0 Å². The van der Waals surface area contributed by atoms with Crippen molar-refractivity contribution in [3.05, 3.63) is 187 Å². The van der Waals surface area contributed by atoms with Crippen molar-refractivity contribution >= 4 is 60.9 Å². The highest BCUT2D eigenvalue weighted by Gasteiger charge is 2.35. The van der Waals surface area contributed by atoms with E-state index in [-0.39, 0.29) is 5.41 Å². The first kappa shape index (κ1) is 30.8. The first-order valence-electron chi connectivity index (χ1n) is 18.6. The molecule has 0 saturated heterocycles. The molecule has 0 unspecified atom stereocenters.